The summed E-state index contributed by atoms with van der Waals surface area (Å²) in [4.78, 5) is 13.6. The lowest BCUT2D eigenvalue weighted by Gasteiger charge is -2.31. The van der Waals surface area contributed by atoms with E-state index in [2.05, 4.69) is 21.2 Å². The van der Waals surface area contributed by atoms with E-state index in [4.69, 9.17) is 0 Å². The summed E-state index contributed by atoms with van der Waals surface area (Å²) in [5, 5.41) is 2.72. The van der Waals surface area contributed by atoms with E-state index in [-0.39, 0.29) is 5.69 Å². The molecule has 130 valence electrons. The molecule has 1 aliphatic rings. The fourth-order valence-corrected chi connectivity index (χ4v) is 3.31. The average Bonchev–Trinajstić information content (AvgIpc) is 2.56. The molecule has 1 N–H and O–H groups in total. The molecular weight excluding hydrogens is 397 g/mol. The summed E-state index contributed by atoms with van der Waals surface area (Å²) in [6, 6.07) is 11.8. The fraction of sp³-hybridized carbons (Fsp3) is 0.167. The number of halogens is 4. The van der Waals surface area contributed by atoms with Gasteiger partial charge in [-0.15, -0.1) is 0 Å². The molecule has 0 radical (unpaired) electrons. The predicted octanol–water partition coefficient (Wildman–Crippen LogP) is 5.43. The minimum absolute atomic E-state index is 0.175. The molecule has 1 heterocycles. The first-order valence-electron chi connectivity index (χ1n) is 7.49. The van der Waals surface area contributed by atoms with Crippen molar-refractivity contribution in [2.45, 2.75) is 13.1 Å². The van der Waals surface area contributed by atoms with Crippen LogP contribution in [-0.4, -0.2) is 12.6 Å². The maximum Gasteiger partial charge on any atom is 0.416 e. The highest BCUT2D eigenvalue weighted by molar-refractivity contribution is 9.10. The minimum Gasteiger partial charge on any atom is -0.333 e. The maximum absolute atomic E-state index is 13.0. The van der Waals surface area contributed by atoms with Gasteiger partial charge in [-0.2, -0.15) is 13.2 Å². The molecule has 0 spiro atoms. The van der Waals surface area contributed by atoms with Crippen molar-refractivity contribution in [3.05, 3.63) is 69.8 Å². The van der Waals surface area contributed by atoms with Crippen molar-refractivity contribution < 1.29 is 18.0 Å². The van der Waals surface area contributed by atoms with E-state index >= 15 is 0 Å². The van der Waals surface area contributed by atoms with Crippen LogP contribution in [0.5, 0.6) is 0 Å². The molecule has 3 nitrogen and oxygen atoms in total. The van der Waals surface area contributed by atoms with Crippen LogP contribution in [0.25, 0.3) is 5.57 Å². The number of alkyl halides is 3. The highest BCUT2D eigenvalue weighted by Crippen LogP contribution is 2.35. The van der Waals surface area contributed by atoms with Gasteiger partial charge in [-0.05, 0) is 42.3 Å². The van der Waals surface area contributed by atoms with Gasteiger partial charge >= 0.3 is 12.2 Å². The van der Waals surface area contributed by atoms with Crippen LogP contribution >= 0.6 is 15.9 Å². The Morgan fingerprint density at radius 2 is 1.84 bits per heavy atom. The number of benzene rings is 2. The molecule has 2 aromatic rings. The monoisotopic (exact) mass is 410 g/mol. The van der Waals surface area contributed by atoms with Gasteiger partial charge in [-0.25, -0.2) is 4.79 Å². The second kappa shape index (κ2) is 6.55. The van der Waals surface area contributed by atoms with E-state index in [0.29, 0.717) is 12.2 Å². The molecule has 3 rings (SSSR count). The van der Waals surface area contributed by atoms with Crippen molar-refractivity contribution in [1.29, 1.82) is 0 Å². The SMILES string of the molecule is CC1=C(c2ccccc2Br)CNC(=O)N1c1cccc(C(F)(F)F)c1. The molecule has 2 amide bonds. The third-order valence-corrected chi connectivity index (χ3v) is 4.71. The first-order valence-corrected chi connectivity index (χ1v) is 8.28. The zero-order valence-corrected chi connectivity index (χ0v) is 14.8. The van der Waals surface area contributed by atoms with Crippen LogP contribution < -0.4 is 10.2 Å². The van der Waals surface area contributed by atoms with Crippen LogP contribution in [0, 0.1) is 0 Å². The van der Waals surface area contributed by atoms with Crippen molar-refractivity contribution in [3.63, 3.8) is 0 Å². The number of carbonyl (C=O) groups excluding carboxylic acids is 1. The van der Waals surface area contributed by atoms with Crippen molar-refractivity contribution >= 4 is 33.2 Å². The van der Waals surface area contributed by atoms with Crippen LogP contribution in [0.2, 0.25) is 0 Å². The van der Waals surface area contributed by atoms with E-state index in [1.165, 1.54) is 17.0 Å². The van der Waals surface area contributed by atoms with E-state index in [9.17, 15) is 18.0 Å². The minimum atomic E-state index is -4.47. The third-order valence-electron chi connectivity index (χ3n) is 4.02. The van der Waals surface area contributed by atoms with Gasteiger partial charge in [0, 0.05) is 16.7 Å². The second-order valence-corrected chi connectivity index (χ2v) is 6.44. The van der Waals surface area contributed by atoms with E-state index in [1.54, 1.807) is 6.92 Å². The molecule has 7 heteroatoms. The molecule has 2 aromatic carbocycles. The van der Waals surface area contributed by atoms with Gasteiger partial charge in [0.15, 0.2) is 0 Å². The average molecular weight is 411 g/mol. The zero-order valence-electron chi connectivity index (χ0n) is 13.2. The third kappa shape index (κ3) is 3.42. The summed E-state index contributed by atoms with van der Waals surface area (Å²) in [6.07, 6.45) is -4.47. The lowest BCUT2D eigenvalue weighted by Crippen LogP contribution is -2.44. The Labute approximate surface area is 151 Å². The van der Waals surface area contributed by atoms with Gasteiger partial charge in [0.1, 0.15) is 0 Å². The number of hydrogen-bond donors (Lipinski definition) is 1. The lowest BCUT2D eigenvalue weighted by molar-refractivity contribution is -0.137. The largest absolute Gasteiger partial charge is 0.416 e. The summed E-state index contributed by atoms with van der Waals surface area (Å²) in [6.45, 7) is 2.04. The number of rotatable bonds is 2. The second-order valence-electron chi connectivity index (χ2n) is 5.59. The van der Waals surface area contributed by atoms with E-state index in [1.807, 2.05) is 24.3 Å². The Hall–Kier alpha value is -2.28. The zero-order chi connectivity index (χ0) is 18.2. The summed E-state index contributed by atoms with van der Waals surface area (Å²) in [7, 11) is 0. The molecule has 1 aliphatic heterocycles. The Kier molecular flexibility index (Phi) is 4.60. The molecule has 0 saturated heterocycles. The normalized spacial score (nSPS) is 15.4. The highest BCUT2D eigenvalue weighted by atomic mass is 79.9. The highest BCUT2D eigenvalue weighted by Gasteiger charge is 2.32. The van der Waals surface area contributed by atoms with E-state index < -0.39 is 17.8 Å². The summed E-state index contributed by atoms with van der Waals surface area (Å²) < 4.78 is 39.8. The van der Waals surface area contributed by atoms with Crippen LogP contribution in [-0.2, 0) is 6.18 Å². The van der Waals surface area contributed by atoms with Crippen LogP contribution in [0.15, 0.2) is 58.7 Å². The number of nitrogens with one attached hydrogen (secondary N) is 1. The van der Waals surface area contributed by atoms with Crippen molar-refractivity contribution in [3.8, 4) is 0 Å². The van der Waals surface area contributed by atoms with E-state index in [0.717, 1.165) is 27.7 Å². The molecule has 0 saturated carbocycles. The Morgan fingerprint density at radius 3 is 2.52 bits per heavy atom. The maximum atomic E-state index is 13.0. The molecule has 25 heavy (non-hydrogen) atoms. The molecule has 0 aromatic heterocycles. The smallest absolute Gasteiger partial charge is 0.333 e. The van der Waals surface area contributed by atoms with Gasteiger partial charge in [0.2, 0.25) is 0 Å². The number of anilines is 1. The summed E-state index contributed by atoms with van der Waals surface area (Å²) in [5.41, 5.74) is 1.70. The Balaban J connectivity index is 2.10. The van der Waals surface area contributed by atoms with Crippen molar-refractivity contribution in [2.24, 2.45) is 0 Å². The number of allylic oxidation sites excluding steroid dienone is 1. The topological polar surface area (TPSA) is 32.3 Å². The molecule has 0 atom stereocenters. The van der Waals surface area contributed by atoms with Gasteiger partial charge in [0.25, 0.3) is 0 Å². The number of urea groups is 1. The van der Waals surface area contributed by atoms with Gasteiger partial charge in [-0.3, -0.25) is 4.90 Å². The first-order chi connectivity index (χ1) is 11.8. The summed E-state index contributed by atoms with van der Waals surface area (Å²) in [5.74, 6) is 0. The number of hydrogen-bond acceptors (Lipinski definition) is 1. The number of nitrogens with zero attached hydrogens (tertiary/aromatic N) is 1. The molecular formula is C18H14BrF3N2O. The fourth-order valence-electron chi connectivity index (χ4n) is 2.79. The summed E-state index contributed by atoms with van der Waals surface area (Å²) >= 11 is 3.47. The van der Waals surface area contributed by atoms with Gasteiger partial charge < -0.3 is 5.32 Å². The number of amides is 2. The first kappa shape index (κ1) is 17.5. The lowest BCUT2D eigenvalue weighted by atomic mass is 10.0. The van der Waals surface area contributed by atoms with Crippen LogP contribution in [0.4, 0.5) is 23.7 Å². The van der Waals surface area contributed by atoms with Crippen LogP contribution in [0.1, 0.15) is 18.1 Å². The van der Waals surface area contributed by atoms with Crippen molar-refractivity contribution in [1.82, 2.24) is 5.32 Å². The number of carbonyl (C=O) groups is 1. The van der Waals surface area contributed by atoms with Gasteiger partial charge in [-0.1, -0.05) is 40.2 Å². The van der Waals surface area contributed by atoms with Gasteiger partial charge in [0.05, 0.1) is 11.3 Å². The van der Waals surface area contributed by atoms with Crippen LogP contribution in [0.3, 0.4) is 0 Å². The van der Waals surface area contributed by atoms with Crippen molar-refractivity contribution in [2.75, 3.05) is 11.4 Å². The quantitative estimate of drug-likeness (QED) is 0.703. The molecule has 0 fully saturated rings. The molecule has 0 aliphatic carbocycles. The predicted molar refractivity (Wildman–Crippen MR) is 94.1 cm³/mol. The molecule has 0 unspecified atom stereocenters. The molecule has 0 bridgehead atoms. The Bertz CT molecular complexity index is 861. The Morgan fingerprint density at radius 1 is 1.12 bits per heavy atom. The standard InChI is InChI=1S/C18H14BrF3N2O/c1-11-15(14-7-2-3-8-16(14)19)10-23-17(25)24(11)13-6-4-5-12(9-13)18(20,21)22/h2-9H,10H2,1H3,(H,23,25).